The Morgan fingerprint density at radius 1 is 1.19 bits per heavy atom. The first-order valence-corrected chi connectivity index (χ1v) is 8.35. The number of para-hydroxylation sites is 1. The molecule has 0 spiro atoms. The number of pyridine rings is 1. The second-order valence-corrected chi connectivity index (χ2v) is 5.93. The third-order valence-corrected chi connectivity index (χ3v) is 4.04. The molecule has 0 fully saturated rings. The smallest absolute Gasteiger partial charge is 0.257 e. The summed E-state index contributed by atoms with van der Waals surface area (Å²) in [6.07, 6.45) is 1.46. The lowest BCUT2D eigenvalue weighted by Gasteiger charge is -2.09. The van der Waals surface area contributed by atoms with Crippen molar-refractivity contribution >= 4 is 34.7 Å². The number of carbonyl (C=O) groups is 1. The van der Waals surface area contributed by atoms with Crippen LogP contribution in [0, 0.1) is 11.3 Å². The van der Waals surface area contributed by atoms with E-state index in [9.17, 15) is 4.79 Å². The average molecular weight is 379 g/mol. The highest BCUT2D eigenvalue weighted by atomic mass is 35.5. The summed E-state index contributed by atoms with van der Waals surface area (Å²) in [5.74, 6) is 0.749. The molecule has 1 heterocycles. The van der Waals surface area contributed by atoms with Crippen molar-refractivity contribution in [3.8, 4) is 11.8 Å². The van der Waals surface area contributed by atoms with Crippen LogP contribution in [0.5, 0.6) is 5.75 Å². The summed E-state index contributed by atoms with van der Waals surface area (Å²) in [5.41, 5.74) is 2.10. The largest absolute Gasteiger partial charge is 0.495 e. The Balaban J connectivity index is 1.70. The molecule has 3 rings (SSSR count). The molecule has 2 aromatic carbocycles. The van der Waals surface area contributed by atoms with Gasteiger partial charge in [0.2, 0.25) is 0 Å². The van der Waals surface area contributed by atoms with Gasteiger partial charge in [-0.05, 0) is 42.5 Å². The Kier molecular flexibility index (Phi) is 5.55. The summed E-state index contributed by atoms with van der Waals surface area (Å²) in [7, 11) is 1.52. The minimum Gasteiger partial charge on any atom is -0.495 e. The van der Waals surface area contributed by atoms with Gasteiger partial charge in [-0.15, -0.1) is 0 Å². The second kappa shape index (κ2) is 8.21. The first-order chi connectivity index (χ1) is 13.1. The van der Waals surface area contributed by atoms with E-state index in [0.29, 0.717) is 39.1 Å². The van der Waals surface area contributed by atoms with Gasteiger partial charge in [0.25, 0.3) is 5.91 Å². The van der Waals surface area contributed by atoms with Gasteiger partial charge in [-0.1, -0.05) is 23.7 Å². The molecular formula is C20H15ClN4O2. The van der Waals surface area contributed by atoms with Crippen LogP contribution in [0.15, 0.2) is 60.8 Å². The van der Waals surface area contributed by atoms with E-state index in [-0.39, 0.29) is 5.91 Å². The zero-order chi connectivity index (χ0) is 19.2. The number of halogens is 1. The molecule has 134 valence electrons. The maximum atomic E-state index is 12.4. The monoisotopic (exact) mass is 378 g/mol. The number of nitrogens with one attached hydrogen (secondary N) is 2. The normalized spacial score (nSPS) is 9.96. The van der Waals surface area contributed by atoms with Crippen LogP contribution >= 0.6 is 11.6 Å². The van der Waals surface area contributed by atoms with E-state index in [4.69, 9.17) is 21.6 Å². The predicted molar refractivity (Wildman–Crippen MR) is 105 cm³/mol. The van der Waals surface area contributed by atoms with Gasteiger partial charge in [-0.3, -0.25) is 4.79 Å². The molecule has 0 atom stereocenters. The minimum absolute atomic E-state index is 0.312. The molecule has 0 aliphatic carbocycles. The zero-order valence-corrected chi connectivity index (χ0v) is 15.1. The molecule has 0 aliphatic rings. The van der Waals surface area contributed by atoms with E-state index < -0.39 is 0 Å². The number of methoxy groups -OCH3 is 1. The fraction of sp³-hybridized carbons (Fsp3) is 0.0500. The van der Waals surface area contributed by atoms with Crippen molar-refractivity contribution in [2.75, 3.05) is 17.7 Å². The third-order valence-electron chi connectivity index (χ3n) is 3.75. The van der Waals surface area contributed by atoms with E-state index in [0.717, 1.165) is 0 Å². The number of nitriles is 1. The van der Waals surface area contributed by atoms with E-state index in [1.165, 1.54) is 13.3 Å². The summed E-state index contributed by atoms with van der Waals surface area (Å²) < 4.78 is 5.09. The quantitative estimate of drug-likeness (QED) is 0.676. The Morgan fingerprint density at radius 2 is 2.00 bits per heavy atom. The van der Waals surface area contributed by atoms with Crippen LogP contribution in [0.3, 0.4) is 0 Å². The topological polar surface area (TPSA) is 87.0 Å². The van der Waals surface area contributed by atoms with Gasteiger partial charge in [0.15, 0.2) is 0 Å². The van der Waals surface area contributed by atoms with Crippen molar-refractivity contribution in [1.29, 1.82) is 5.26 Å². The highest BCUT2D eigenvalue weighted by Gasteiger charge is 2.09. The summed E-state index contributed by atoms with van der Waals surface area (Å²) in [5, 5.41) is 15.4. The minimum atomic E-state index is -0.312. The van der Waals surface area contributed by atoms with Crippen molar-refractivity contribution in [2.24, 2.45) is 0 Å². The number of anilines is 3. The molecule has 1 aromatic heterocycles. The molecule has 2 N–H and O–H groups in total. The molecular weight excluding hydrogens is 364 g/mol. The molecule has 1 amide bonds. The lowest BCUT2D eigenvalue weighted by atomic mass is 10.2. The van der Waals surface area contributed by atoms with Gasteiger partial charge in [0.05, 0.1) is 28.9 Å². The first kappa shape index (κ1) is 18.2. The average Bonchev–Trinajstić information content (AvgIpc) is 2.69. The number of carbonyl (C=O) groups excluding carboxylic acids is 1. The number of ether oxygens (including phenoxy) is 1. The predicted octanol–water partition coefficient (Wildman–Crippen LogP) is 4.61. The molecule has 0 radical (unpaired) electrons. The van der Waals surface area contributed by atoms with Crippen LogP contribution in [-0.4, -0.2) is 18.0 Å². The van der Waals surface area contributed by atoms with Crippen molar-refractivity contribution in [2.45, 2.75) is 0 Å². The van der Waals surface area contributed by atoms with Crippen LogP contribution in [0.2, 0.25) is 5.02 Å². The van der Waals surface area contributed by atoms with Crippen molar-refractivity contribution in [3.05, 3.63) is 76.9 Å². The molecule has 0 unspecified atom stereocenters. The number of hydrogen-bond donors (Lipinski definition) is 2. The molecule has 3 aromatic rings. The fourth-order valence-corrected chi connectivity index (χ4v) is 2.63. The maximum Gasteiger partial charge on any atom is 0.257 e. The Hall–Kier alpha value is -3.56. The van der Waals surface area contributed by atoms with Gasteiger partial charge in [0.1, 0.15) is 17.6 Å². The maximum absolute atomic E-state index is 12.4. The summed E-state index contributed by atoms with van der Waals surface area (Å²) in [6, 6.07) is 17.5. The number of hydrogen-bond acceptors (Lipinski definition) is 5. The van der Waals surface area contributed by atoms with E-state index in [2.05, 4.69) is 21.7 Å². The summed E-state index contributed by atoms with van der Waals surface area (Å²) >= 11 is 6.06. The van der Waals surface area contributed by atoms with Crippen LogP contribution < -0.4 is 15.4 Å². The Morgan fingerprint density at radius 3 is 2.67 bits per heavy atom. The fourth-order valence-electron chi connectivity index (χ4n) is 2.38. The van der Waals surface area contributed by atoms with Crippen molar-refractivity contribution in [3.63, 3.8) is 0 Å². The molecule has 0 aliphatic heterocycles. The molecule has 7 heteroatoms. The van der Waals surface area contributed by atoms with E-state index in [1.807, 2.05) is 6.07 Å². The lowest BCUT2D eigenvalue weighted by molar-refractivity contribution is 0.102. The first-order valence-electron chi connectivity index (χ1n) is 7.98. The third kappa shape index (κ3) is 4.35. The van der Waals surface area contributed by atoms with Crippen LogP contribution in [0.25, 0.3) is 0 Å². The van der Waals surface area contributed by atoms with Crippen molar-refractivity contribution < 1.29 is 9.53 Å². The second-order valence-electron chi connectivity index (χ2n) is 5.52. The Labute approximate surface area is 161 Å². The van der Waals surface area contributed by atoms with Gasteiger partial charge in [-0.25, -0.2) is 4.98 Å². The summed E-state index contributed by atoms with van der Waals surface area (Å²) in [6.45, 7) is 0. The Bertz CT molecular complexity index is 1010. The molecule has 6 nitrogen and oxygen atoms in total. The van der Waals surface area contributed by atoms with Gasteiger partial charge in [0, 0.05) is 11.9 Å². The van der Waals surface area contributed by atoms with Crippen LogP contribution in [-0.2, 0) is 0 Å². The highest BCUT2D eigenvalue weighted by molar-refractivity contribution is 6.32. The molecule has 0 saturated heterocycles. The van der Waals surface area contributed by atoms with Crippen LogP contribution in [0.1, 0.15) is 15.9 Å². The van der Waals surface area contributed by atoms with Gasteiger partial charge in [-0.2, -0.15) is 5.26 Å². The van der Waals surface area contributed by atoms with Gasteiger partial charge >= 0.3 is 0 Å². The van der Waals surface area contributed by atoms with Gasteiger partial charge < -0.3 is 15.4 Å². The number of nitrogens with zero attached hydrogens (tertiary/aromatic N) is 2. The lowest BCUT2D eigenvalue weighted by Crippen LogP contribution is -2.12. The number of aromatic nitrogens is 1. The number of rotatable bonds is 5. The number of amides is 1. The van der Waals surface area contributed by atoms with Crippen molar-refractivity contribution in [1.82, 2.24) is 4.98 Å². The van der Waals surface area contributed by atoms with E-state index >= 15 is 0 Å². The van der Waals surface area contributed by atoms with E-state index in [1.54, 1.807) is 48.5 Å². The molecule has 0 bridgehead atoms. The SMILES string of the molecule is COc1ccc(NC(=O)c2ccc(Nc3ccccc3C#N)nc2)cc1Cl. The molecule has 27 heavy (non-hydrogen) atoms. The summed E-state index contributed by atoms with van der Waals surface area (Å²) in [4.78, 5) is 16.6. The standard InChI is InChI=1S/C20H15ClN4O2/c1-27-18-8-7-15(10-16(18)21)24-20(26)14-6-9-19(23-12-14)25-17-5-3-2-4-13(17)11-22/h2-10,12H,1H3,(H,23,25)(H,24,26). The molecule has 0 saturated carbocycles. The van der Waals surface area contributed by atoms with Crippen LogP contribution in [0.4, 0.5) is 17.2 Å². The number of benzene rings is 2. The zero-order valence-electron chi connectivity index (χ0n) is 14.4. The highest BCUT2D eigenvalue weighted by Crippen LogP contribution is 2.27.